The summed E-state index contributed by atoms with van der Waals surface area (Å²) in [6.07, 6.45) is 6.38. The van der Waals surface area contributed by atoms with Gasteiger partial charge in [0.05, 0.1) is 6.20 Å². The minimum atomic E-state index is -0.182. The van der Waals surface area contributed by atoms with Gasteiger partial charge in [0.15, 0.2) is 0 Å². The van der Waals surface area contributed by atoms with Crippen LogP contribution in [0.1, 0.15) is 25.0 Å². The summed E-state index contributed by atoms with van der Waals surface area (Å²) in [5.74, 6) is -0.182. The van der Waals surface area contributed by atoms with Crippen LogP contribution >= 0.6 is 0 Å². The van der Waals surface area contributed by atoms with E-state index < -0.39 is 0 Å². The van der Waals surface area contributed by atoms with E-state index in [1.165, 1.54) is 25.3 Å². The summed E-state index contributed by atoms with van der Waals surface area (Å²) in [6, 6.07) is 7.39. The van der Waals surface area contributed by atoms with Crippen molar-refractivity contribution in [3.8, 4) is 11.1 Å². The molecule has 1 atom stereocenters. The van der Waals surface area contributed by atoms with Gasteiger partial charge in [0.2, 0.25) is 0 Å². The molecule has 0 bridgehead atoms. The maximum absolute atomic E-state index is 14.0. The van der Waals surface area contributed by atoms with Gasteiger partial charge < -0.3 is 5.32 Å². The second kappa shape index (κ2) is 5.75. The minimum absolute atomic E-state index is 0.182. The zero-order chi connectivity index (χ0) is 13.9. The maximum Gasteiger partial charge on any atom is 0.131 e. The molecule has 106 valence electrons. The number of rotatable bonds is 3. The Morgan fingerprint density at radius 2 is 2.15 bits per heavy atom. The van der Waals surface area contributed by atoms with Gasteiger partial charge >= 0.3 is 0 Å². The standard InChI is InChI=1S/C16H20FN3/c1-20-16(10-12-6-4-5-9-18-12)14(11-19-20)13-7-2-3-8-15(13)17/h2-3,7-8,11-12,18H,4-6,9-10H2,1H3. The largest absolute Gasteiger partial charge is 0.314 e. The monoisotopic (exact) mass is 273 g/mol. The molecule has 1 fully saturated rings. The molecule has 1 aliphatic heterocycles. The van der Waals surface area contributed by atoms with Crippen molar-refractivity contribution in [3.63, 3.8) is 0 Å². The van der Waals surface area contributed by atoms with Crippen LogP contribution in [0, 0.1) is 5.82 Å². The first-order chi connectivity index (χ1) is 9.75. The molecule has 20 heavy (non-hydrogen) atoms. The Labute approximate surface area is 118 Å². The van der Waals surface area contributed by atoms with Crippen LogP contribution in [-0.4, -0.2) is 22.4 Å². The highest BCUT2D eigenvalue weighted by atomic mass is 19.1. The van der Waals surface area contributed by atoms with Crippen molar-refractivity contribution < 1.29 is 4.39 Å². The number of nitrogens with zero attached hydrogens (tertiary/aromatic N) is 2. The number of aryl methyl sites for hydroxylation is 1. The molecule has 1 aromatic carbocycles. The van der Waals surface area contributed by atoms with Gasteiger partial charge in [0, 0.05) is 36.3 Å². The quantitative estimate of drug-likeness (QED) is 0.932. The zero-order valence-corrected chi connectivity index (χ0v) is 11.8. The molecule has 0 radical (unpaired) electrons. The lowest BCUT2D eigenvalue weighted by atomic mass is 9.96. The third-order valence-electron chi connectivity index (χ3n) is 4.08. The predicted molar refractivity (Wildman–Crippen MR) is 77.9 cm³/mol. The average molecular weight is 273 g/mol. The Morgan fingerprint density at radius 3 is 2.90 bits per heavy atom. The molecule has 3 rings (SSSR count). The lowest BCUT2D eigenvalue weighted by Crippen LogP contribution is -2.36. The topological polar surface area (TPSA) is 29.9 Å². The third kappa shape index (κ3) is 2.61. The van der Waals surface area contributed by atoms with Crippen LogP contribution in [0.5, 0.6) is 0 Å². The summed E-state index contributed by atoms with van der Waals surface area (Å²) >= 11 is 0. The number of hydrogen-bond donors (Lipinski definition) is 1. The van der Waals surface area contributed by atoms with Crippen molar-refractivity contribution in [2.75, 3.05) is 6.54 Å². The van der Waals surface area contributed by atoms with E-state index in [4.69, 9.17) is 0 Å². The van der Waals surface area contributed by atoms with E-state index in [0.717, 1.165) is 24.2 Å². The van der Waals surface area contributed by atoms with Crippen molar-refractivity contribution in [3.05, 3.63) is 42.0 Å². The van der Waals surface area contributed by atoms with E-state index in [0.29, 0.717) is 11.6 Å². The van der Waals surface area contributed by atoms with E-state index in [9.17, 15) is 4.39 Å². The molecule has 4 heteroatoms. The van der Waals surface area contributed by atoms with E-state index >= 15 is 0 Å². The van der Waals surface area contributed by atoms with Gasteiger partial charge in [-0.2, -0.15) is 5.10 Å². The van der Waals surface area contributed by atoms with Crippen molar-refractivity contribution in [2.24, 2.45) is 7.05 Å². The van der Waals surface area contributed by atoms with Gasteiger partial charge in [-0.25, -0.2) is 4.39 Å². The smallest absolute Gasteiger partial charge is 0.131 e. The SMILES string of the molecule is Cn1ncc(-c2ccccc2F)c1CC1CCCCN1. The third-order valence-corrected chi connectivity index (χ3v) is 4.08. The lowest BCUT2D eigenvalue weighted by Gasteiger charge is -2.24. The molecule has 1 aliphatic rings. The van der Waals surface area contributed by atoms with Gasteiger partial charge in [-0.1, -0.05) is 24.6 Å². The van der Waals surface area contributed by atoms with E-state index in [-0.39, 0.29) is 5.82 Å². The molecule has 0 saturated carbocycles. The fourth-order valence-corrected chi connectivity index (χ4v) is 2.94. The Kier molecular flexibility index (Phi) is 3.83. The Balaban J connectivity index is 1.91. The summed E-state index contributed by atoms with van der Waals surface area (Å²) < 4.78 is 15.9. The number of hydrogen-bond acceptors (Lipinski definition) is 2. The fraction of sp³-hybridized carbons (Fsp3) is 0.438. The van der Waals surface area contributed by atoms with Crippen LogP contribution in [0.4, 0.5) is 4.39 Å². The first-order valence-electron chi connectivity index (χ1n) is 7.25. The summed E-state index contributed by atoms with van der Waals surface area (Å²) in [7, 11) is 1.93. The van der Waals surface area contributed by atoms with Crippen LogP contribution in [0.25, 0.3) is 11.1 Å². The van der Waals surface area contributed by atoms with Crippen molar-refractivity contribution in [1.29, 1.82) is 0 Å². The summed E-state index contributed by atoms with van der Waals surface area (Å²) in [5.41, 5.74) is 2.67. The maximum atomic E-state index is 14.0. The fourth-order valence-electron chi connectivity index (χ4n) is 2.94. The highest BCUT2D eigenvalue weighted by Crippen LogP contribution is 2.27. The predicted octanol–water partition coefficient (Wildman–Crippen LogP) is 2.91. The molecule has 0 spiro atoms. The van der Waals surface area contributed by atoms with E-state index in [1.807, 2.05) is 23.9 Å². The highest BCUT2D eigenvalue weighted by Gasteiger charge is 2.19. The van der Waals surface area contributed by atoms with Gasteiger partial charge in [0.1, 0.15) is 5.82 Å². The molecule has 1 N–H and O–H groups in total. The summed E-state index contributed by atoms with van der Waals surface area (Å²) in [4.78, 5) is 0. The summed E-state index contributed by atoms with van der Waals surface area (Å²) in [5, 5.41) is 7.86. The second-order valence-corrected chi connectivity index (χ2v) is 5.46. The average Bonchev–Trinajstić information content (AvgIpc) is 2.82. The van der Waals surface area contributed by atoms with Crippen molar-refractivity contribution in [1.82, 2.24) is 15.1 Å². The van der Waals surface area contributed by atoms with Gasteiger partial charge in [-0.3, -0.25) is 4.68 Å². The number of halogens is 1. The second-order valence-electron chi connectivity index (χ2n) is 5.46. The van der Waals surface area contributed by atoms with Gasteiger partial charge in [-0.15, -0.1) is 0 Å². The Hall–Kier alpha value is -1.68. The molecule has 0 amide bonds. The molecule has 3 nitrogen and oxygen atoms in total. The molecule has 1 unspecified atom stereocenters. The zero-order valence-electron chi connectivity index (χ0n) is 11.8. The van der Waals surface area contributed by atoms with Crippen molar-refractivity contribution >= 4 is 0 Å². The minimum Gasteiger partial charge on any atom is -0.314 e. The molecule has 2 aromatic rings. The Bertz CT molecular complexity index is 585. The van der Waals surface area contributed by atoms with Crippen LogP contribution < -0.4 is 5.32 Å². The molecule has 2 heterocycles. The summed E-state index contributed by atoms with van der Waals surface area (Å²) in [6.45, 7) is 1.08. The van der Waals surface area contributed by atoms with E-state index in [2.05, 4.69) is 10.4 Å². The van der Waals surface area contributed by atoms with Crippen LogP contribution in [0.3, 0.4) is 0 Å². The number of piperidine rings is 1. The number of benzene rings is 1. The highest BCUT2D eigenvalue weighted by molar-refractivity contribution is 5.66. The van der Waals surface area contributed by atoms with Gasteiger partial charge in [0.25, 0.3) is 0 Å². The number of aromatic nitrogens is 2. The first kappa shape index (κ1) is 13.3. The van der Waals surface area contributed by atoms with Crippen LogP contribution in [-0.2, 0) is 13.5 Å². The Morgan fingerprint density at radius 1 is 1.30 bits per heavy atom. The van der Waals surface area contributed by atoms with Crippen LogP contribution in [0.2, 0.25) is 0 Å². The first-order valence-corrected chi connectivity index (χ1v) is 7.25. The molecule has 1 saturated heterocycles. The molecular formula is C16H20FN3. The molecule has 1 aromatic heterocycles. The van der Waals surface area contributed by atoms with Gasteiger partial charge in [-0.05, 0) is 25.5 Å². The molecule has 0 aliphatic carbocycles. The van der Waals surface area contributed by atoms with Crippen LogP contribution in [0.15, 0.2) is 30.5 Å². The normalized spacial score (nSPS) is 19.2. The molecular weight excluding hydrogens is 253 g/mol. The van der Waals surface area contributed by atoms with E-state index in [1.54, 1.807) is 12.3 Å². The number of nitrogens with one attached hydrogen (secondary N) is 1. The van der Waals surface area contributed by atoms with Crippen molar-refractivity contribution in [2.45, 2.75) is 31.7 Å². The lowest BCUT2D eigenvalue weighted by molar-refractivity contribution is 0.393.